The molecule has 1 aromatic heterocycles. The van der Waals surface area contributed by atoms with Gasteiger partial charge >= 0.3 is 5.97 Å². The summed E-state index contributed by atoms with van der Waals surface area (Å²) in [5.74, 6) is -0.988. The van der Waals surface area contributed by atoms with Crippen molar-refractivity contribution in [3.8, 4) is 0 Å². The van der Waals surface area contributed by atoms with Gasteiger partial charge in [0.25, 0.3) is 0 Å². The number of H-pyrrole nitrogens is 1. The summed E-state index contributed by atoms with van der Waals surface area (Å²) in [4.78, 5) is 39.3. The van der Waals surface area contributed by atoms with E-state index < -0.39 is 17.6 Å². The summed E-state index contributed by atoms with van der Waals surface area (Å²) in [7, 11) is 0. The highest BCUT2D eigenvalue weighted by Gasteiger charge is 2.22. The first-order chi connectivity index (χ1) is 12.0. The molecule has 0 bridgehead atoms. The van der Waals surface area contributed by atoms with Crippen LogP contribution in [-0.4, -0.2) is 22.8 Å². The fourth-order valence-corrected chi connectivity index (χ4v) is 2.60. The van der Waals surface area contributed by atoms with E-state index in [9.17, 15) is 14.4 Å². The zero-order valence-corrected chi connectivity index (χ0v) is 13.9. The third kappa shape index (κ3) is 3.50. The average Bonchev–Trinajstić information content (AvgIpc) is 2.60. The number of esters is 1. The van der Waals surface area contributed by atoms with Crippen molar-refractivity contribution in [3.63, 3.8) is 0 Å². The van der Waals surface area contributed by atoms with Gasteiger partial charge in [0, 0.05) is 22.5 Å². The minimum Gasteiger partial charge on any atom is -0.451 e. The van der Waals surface area contributed by atoms with Crippen LogP contribution in [0.2, 0.25) is 0 Å². The second-order valence-corrected chi connectivity index (χ2v) is 5.87. The molecule has 126 valence electrons. The molecule has 1 N–H and O–H groups in total. The first-order valence-electron chi connectivity index (χ1n) is 7.89. The summed E-state index contributed by atoms with van der Waals surface area (Å²) in [5, 5.41) is 0.571. The zero-order chi connectivity index (χ0) is 18.0. The number of nitrogens with one attached hydrogen (secondary N) is 1. The second-order valence-electron chi connectivity index (χ2n) is 5.87. The molecule has 0 aliphatic rings. The number of ether oxygens (including phenoxy) is 1. The lowest BCUT2D eigenvalue weighted by Crippen LogP contribution is -2.25. The number of para-hydroxylation sites is 1. The lowest BCUT2D eigenvalue weighted by Gasteiger charge is -2.13. The van der Waals surface area contributed by atoms with E-state index in [-0.39, 0.29) is 11.3 Å². The van der Waals surface area contributed by atoms with Crippen molar-refractivity contribution in [2.75, 3.05) is 0 Å². The minimum absolute atomic E-state index is 0.142. The van der Waals surface area contributed by atoms with Gasteiger partial charge in [-0.3, -0.25) is 9.59 Å². The summed E-state index contributed by atoms with van der Waals surface area (Å²) < 4.78 is 5.30. The Morgan fingerprint density at radius 2 is 1.72 bits per heavy atom. The Morgan fingerprint density at radius 3 is 2.44 bits per heavy atom. The molecule has 0 spiro atoms. The number of rotatable bonds is 4. The summed E-state index contributed by atoms with van der Waals surface area (Å²) in [5.41, 5.74) is 1.79. The maximum atomic E-state index is 12.5. The highest BCUT2D eigenvalue weighted by molar-refractivity contribution is 6.05. The summed E-state index contributed by atoms with van der Waals surface area (Å²) in [6.45, 7) is 3.45. The molecule has 3 aromatic rings. The fourth-order valence-electron chi connectivity index (χ4n) is 2.60. The number of pyridine rings is 1. The SMILES string of the molecule is Cc1ccc(C(=O)[C@H](C)OC(=O)c2cc(=O)[nH]c3ccccc23)cc1. The standard InChI is InChI=1S/C20H17NO4/c1-12-7-9-14(10-8-12)19(23)13(2)25-20(24)16-11-18(22)21-17-6-4-3-5-15(16)17/h3-11,13H,1-2H3,(H,21,22)/t13-/m0/s1. The van der Waals surface area contributed by atoms with Gasteiger partial charge in [-0.25, -0.2) is 4.79 Å². The van der Waals surface area contributed by atoms with Crippen LogP contribution in [-0.2, 0) is 4.74 Å². The van der Waals surface area contributed by atoms with Crippen molar-refractivity contribution in [2.24, 2.45) is 0 Å². The largest absolute Gasteiger partial charge is 0.451 e. The minimum atomic E-state index is -0.951. The number of carbonyl (C=O) groups is 2. The Morgan fingerprint density at radius 1 is 1.04 bits per heavy atom. The van der Waals surface area contributed by atoms with Crippen molar-refractivity contribution in [1.29, 1.82) is 0 Å². The lowest BCUT2D eigenvalue weighted by molar-refractivity contribution is 0.0320. The molecule has 2 aromatic carbocycles. The topological polar surface area (TPSA) is 76.2 Å². The predicted octanol–water partition coefficient (Wildman–Crippen LogP) is 3.26. The number of benzene rings is 2. The first-order valence-corrected chi connectivity index (χ1v) is 7.89. The number of hydrogen-bond acceptors (Lipinski definition) is 4. The van der Waals surface area contributed by atoms with Crippen LogP contribution < -0.4 is 5.56 Å². The van der Waals surface area contributed by atoms with Crippen LogP contribution >= 0.6 is 0 Å². The Kier molecular flexibility index (Phi) is 4.48. The Hall–Kier alpha value is -3.21. The van der Waals surface area contributed by atoms with Gasteiger partial charge in [-0.15, -0.1) is 0 Å². The molecule has 0 radical (unpaired) electrons. The van der Waals surface area contributed by atoms with Gasteiger partial charge < -0.3 is 9.72 Å². The van der Waals surface area contributed by atoms with Gasteiger partial charge in [-0.2, -0.15) is 0 Å². The molecular formula is C20H17NO4. The Balaban J connectivity index is 1.86. The summed E-state index contributed by atoms with van der Waals surface area (Å²) in [6.07, 6.45) is -0.951. The van der Waals surface area contributed by atoms with Crippen molar-refractivity contribution >= 4 is 22.7 Å². The highest BCUT2D eigenvalue weighted by atomic mass is 16.5. The van der Waals surface area contributed by atoms with E-state index in [0.717, 1.165) is 5.56 Å². The fraction of sp³-hybridized carbons (Fsp3) is 0.150. The number of fused-ring (bicyclic) bond motifs is 1. The van der Waals surface area contributed by atoms with Gasteiger partial charge in [0.1, 0.15) is 0 Å². The molecule has 0 fully saturated rings. The van der Waals surface area contributed by atoms with E-state index in [1.165, 1.54) is 13.0 Å². The molecule has 0 saturated carbocycles. The molecule has 1 atom stereocenters. The smallest absolute Gasteiger partial charge is 0.339 e. The molecule has 0 aliphatic carbocycles. The van der Waals surface area contributed by atoms with Gasteiger partial charge in [0.05, 0.1) is 5.56 Å². The molecule has 0 aliphatic heterocycles. The number of hydrogen-bond donors (Lipinski definition) is 1. The third-order valence-corrected chi connectivity index (χ3v) is 3.96. The van der Waals surface area contributed by atoms with Crippen molar-refractivity contribution in [2.45, 2.75) is 20.0 Å². The molecule has 0 amide bonds. The zero-order valence-electron chi connectivity index (χ0n) is 13.9. The molecule has 0 unspecified atom stereocenters. The average molecular weight is 335 g/mol. The quantitative estimate of drug-likeness (QED) is 0.586. The lowest BCUT2D eigenvalue weighted by atomic mass is 10.1. The number of ketones is 1. The maximum absolute atomic E-state index is 12.5. The van der Waals surface area contributed by atoms with E-state index in [1.54, 1.807) is 36.4 Å². The number of aryl methyl sites for hydroxylation is 1. The van der Waals surface area contributed by atoms with E-state index in [1.807, 2.05) is 19.1 Å². The van der Waals surface area contributed by atoms with Crippen LogP contribution in [0.4, 0.5) is 0 Å². The van der Waals surface area contributed by atoms with Gasteiger partial charge in [0.15, 0.2) is 6.10 Å². The number of Topliss-reactive ketones (excluding diaryl/α,β-unsaturated/α-hetero) is 1. The summed E-state index contributed by atoms with van der Waals surface area (Å²) >= 11 is 0. The third-order valence-electron chi connectivity index (χ3n) is 3.96. The van der Waals surface area contributed by atoms with Crippen molar-refractivity contribution in [3.05, 3.63) is 81.6 Å². The molecule has 25 heavy (non-hydrogen) atoms. The Labute approximate surface area is 144 Å². The molecule has 5 heteroatoms. The van der Waals surface area contributed by atoms with Crippen LogP contribution in [0.5, 0.6) is 0 Å². The van der Waals surface area contributed by atoms with E-state index >= 15 is 0 Å². The van der Waals surface area contributed by atoms with Crippen molar-refractivity contribution < 1.29 is 14.3 Å². The molecule has 3 rings (SSSR count). The molecule has 5 nitrogen and oxygen atoms in total. The van der Waals surface area contributed by atoms with Crippen molar-refractivity contribution in [1.82, 2.24) is 4.98 Å². The van der Waals surface area contributed by atoms with Gasteiger partial charge in [0.2, 0.25) is 11.3 Å². The van der Waals surface area contributed by atoms with Gasteiger partial charge in [-0.1, -0.05) is 48.0 Å². The molecule has 1 heterocycles. The number of aromatic nitrogens is 1. The Bertz CT molecular complexity index is 1000. The summed E-state index contributed by atoms with van der Waals surface area (Å²) in [6, 6.07) is 15.2. The van der Waals surface area contributed by atoms with E-state index in [0.29, 0.717) is 16.5 Å². The predicted molar refractivity (Wildman–Crippen MR) is 95.0 cm³/mol. The van der Waals surface area contributed by atoms with E-state index in [2.05, 4.69) is 4.98 Å². The normalized spacial score (nSPS) is 11.9. The van der Waals surface area contributed by atoms with Crippen LogP contribution in [0.1, 0.15) is 33.2 Å². The van der Waals surface area contributed by atoms with Crippen LogP contribution in [0.15, 0.2) is 59.4 Å². The van der Waals surface area contributed by atoms with Crippen LogP contribution in [0.3, 0.4) is 0 Å². The van der Waals surface area contributed by atoms with E-state index in [4.69, 9.17) is 4.74 Å². The van der Waals surface area contributed by atoms with Gasteiger partial charge in [-0.05, 0) is 19.9 Å². The number of aromatic amines is 1. The molecule has 0 saturated heterocycles. The molecular weight excluding hydrogens is 318 g/mol. The first kappa shape index (κ1) is 16.6. The second kappa shape index (κ2) is 6.73. The van der Waals surface area contributed by atoms with Crippen LogP contribution in [0.25, 0.3) is 10.9 Å². The maximum Gasteiger partial charge on any atom is 0.339 e. The van der Waals surface area contributed by atoms with Crippen LogP contribution in [0, 0.1) is 6.92 Å². The number of carbonyl (C=O) groups excluding carboxylic acids is 2. The highest BCUT2D eigenvalue weighted by Crippen LogP contribution is 2.17. The monoisotopic (exact) mass is 335 g/mol.